The zero-order valence-electron chi connectivity index (χ0n) is 9.01. The van der Waals surface area contributed by atoms with Crippen LogP contribution >= 0.6 is 0 Å². The van der Waals surface area contributed by atoms with Gasteiger partial charge in [-0.05, 0) is 32.3 Å². The van der Waals surface area contributed by atoms with E-state index >= 15 is 0 Å². The molecule has 0 aromatic heterocycles. The highest BCUT2D eigenvalue weighted by molar-refractivity contribution is 5.82. The summed E-state index contributed by atoms with van der Waals surface area (Å²) < 4.78 is 0. The maximum atomic E-state index is 4.57. The molecule has 1 fully saturated rings. The highest BCUT2D eigenvalue weighted by Crippen LogP contribution is 2.36. The fourth-order valence-electron chi connectivity index (χ4n) is 1.75. The summed E-state index contributed by atoms with van der Waals surface area (Å²) in [6.45, 7) is 6.26. The van der Waals surface area contributed by atoms with Gasteiger partial charge in [0, 0.05) is 30.9 Å². The highest BCUT2D eigenvalue weighted by Gasteiger charge is 2.24. The van der Waals surface area contributed by atoms with Crippen molar-refractivity contribution in [3.8, 4) is 0 Å². The van der Waals surface area contributed by atoms with Crippen LogP contribution < -0.4 is 5.32 Å². The minimum Gasteiger partial charge on any atom is -0.309 e. The van der Waals surface area contributed by atoms with Crippen molar-refractivity contribution in [2.24, 2.45) is 10.9 Å². The second kappa shape index (κ2) is 4.09. The fraction of sp³-hybridized carbons (Fsp3) is 0.583. The first-order valence-corrected chi connectivity index (χ1v) is 5.41. The van der Waals surface area contributed by atoms with Crippen molar-refractivity contribution in [2.75, 3.05) is 13.1 Å². The van der Waals surface area contributed by atoms with Crippen molar-refractivity contribution >= 4 is 6.21 Å². The third kappa shape index (κ3) is 2.13. The molecule has 1 saturated carbocycles. The molecule has 2 nitrogen and oxygen atoms in total. The summed E-state index contributed by atoms with van der Waals surface area (Å²) in [6, 6.07) is 0. The van der Waals surface area contributed by atoms with Crippen LogP contribution in [0.1, 0.15) is 26.7 Å². The smallest absolute Gasteiger partial charge is 0.0392 e. The summed E-state index contributed by atoms with van der Waals surface area (Å²) in [5.74, 6) is 0.756. The van der Waals surface area contributed by atoms with Gasteiger partial charge in [-0.15, -0.1) is 0 Å². The predicted molar refractivity (Wildman–Crippen MR) is 60.5 cm³/mol. The molecule has 0 saturated heterocycles. The Morgan fingerprint density at radius 2 is 2.21 bits per heavy atom. The molecule has 1 aliphatic carbocycles. The van der Waals surface area contributed by atoms with E-state index in [9.17, 15) is 0 Å². The van der Waals surface area contributed by atoms with Gasteiger partial charge in [0.2, 0.25) is 0 Å². The number of allylic oxidation sites excluding steroid dienone is 2. The molecule has 76 valence electrons. The molecule has 0 atom stereocenters. The van der Waals surface area contributed by atoms with Crippen LogP contribution in [-0.2, 0) is 0 Å². The van der Waals surface area contributed by atoms with E-state index in [2.05, 4.69) is 30.2 Å². The van der Waals surface area contributed by atoms with E-state index in [4.69, 9.17) is 0 Å². The van der Waals surface area contributed by atoms with Crippen molar-refractivity contribution in [1.82, 2.24) is 5.32 Å². The first-order chi connectivity index (χ1) is 6.81. The number of nitrogens with one attached hydrogen (secondary N) is 1. The van der Waals surface area contributed by atoms with Crippen molar-refractivity contribution in [2.45, 2.75) is 26.7 Å². The Morgan fingerprint density at radius 1 is 1.43 bits per heavy atom. The normalized spacial score (nSPS) is 24.0. The standard InChI is InChI=1S/C12H18N2/c1-3-12(10-4-5-10)14-8-11-7-13-6-9(11)2/h3,8,10,13H,4-7H2,1-2H3/b12-3?,14-8-. The van der Waals surface area contributed by atoms with Crippen molar-refractivity contribution in [3.63, 3.8) is 0 Å². The lowest BCUT2D eigenvalue weighted by molar-refractivity contribution is 0.871. The lowest BCUT2D eigenvalue weighted by Gasteiger charge is -1.97. The largest absolute Gasteiger partial charge is 0.309 e. The second-order valence-corrected chi connectivity index (χ2v) is 4.16. The molecule has 0 amide bonds. The van der Waals surface area contributed by atoms with Crippen LogP contribution in [0.4, 0.5) is 0 Å². The number of rotatable bonds is 3. The summed E-state index contributed by atoms with van der Waals surface area (Å²) in [5, 5.41) is 3.32. The summed E-state index contributed by atoms with van der Waals surface area (Å²) >= 11 is 0. The molecule has 0 spiro atoms. The molecule has 1 N–H and O–H groups in total. The zero-order valence-corrected chi connectivity index (χ0v) is 9.01. The van der Waals surface area contributed by atoms with Gasteiger partial charge in [-0.3, -0.25) is 4.99 Å². The van der Waals surface area contributed by atoms with Gasteiger partial charge in [0.05, 0.1) is 0 Å². The van der Waals surface area contributed by atoms with Gasteiger partial charge in [-0.2, -0.15) is 0 Å². The predicted octanol–water partition coefficient (Wildman–Crippen LogP) is 2.29. The molecule has 0 aromatic carbocycles. The van der Waals surface area contributed by atoms with Crippen LogP contribution in [0.15, 0.2) is 27.9 Å². The van der Waals surface area contributed by atoms with Gasteiger partial charge in [0.1, 0.15) is 0 Å². The van der Waals surface area contributed by atoms with Crippen LogP contribution in [-0.4, -0.2) is 19.3 Å². The molecule has 2 heteroatoms. The molecule has 0 bridgehead atoms. The van der Waals surface area contributed by atoms with E-state index in [1.54, 1.807) is 0 Å². The number of hydrogen-bond donors (Lipinski definition) is 1. The van der Waals surface area contributed by atoms with Gasteiger partial charge < -0.3 is 5.32 Å². The Hall–Kier alpha value is -0.890. The average Bonchev–Trinajstić information content (AvgIpc) is 2.93. The van der Waals surface area contributed by atoms with E-state index in [1.165, 1.54) is 29.7 Å². The van der Waals surface area contributed by atoms with E-state index in [1.807, 2.05) is 6.21 Å². The van der Waals surface area contributed by atoms with Gasteiger partial charge in [0.25, 0.3) is 0 Å². The average molecular weight is 190 g/mol. The van der Waals surface area contributed by atoms with E-state index in [-0.39, 0.29) is 0 Å². The molecular formula is C12H18N2. The van der Waals surface area contributed by atoms with Crippen molar-refractivity contribution in [1.29, 1.82) is 0 Å². The van der Waals surface area contributed by atoms with E-state index in [0.29, 0.717) is 0 Å². The Morgan fingerprint density at radius 3 is 2.71 bits per heavy atom. The van der Waals surface area contributed by atoms with E-state index < -0.39 is 0 Å². The Labute approximate surface area is 85.8 Å². The van der Waals surface area contributed by atoms with Crippen LogP contribution in [0.3, 0.4) is 0 Å². The lowest BCUT2D eigenvalue weighted by atomic mass is 10.2. The third-order valence-electron chi connectivity index (χ3n) is 2.91. The maximum absolute atomic E-state index is 4.57. The second-order valence-electron chi connectivity index (χ2n) is 4.16. The first kappa shape index (κ1) is 9.66. The van der Waals surface area contributed by atoms with Crippen LogP contribution in [0, 0.1) is 5.92 Å². The summed E-state index contributed by atoms with van der Waals surface area (Å²) in [4.78, 5) is 4.57. The minimum atomic E-state index is 0.756. The fourth-order valence-corrected chi connectivity index (χ4v) is 1.75. The van der Waals surface area contributed by atoms with Gasteiger partial charge in [-0.1, -0.05) is 11.6 Å². The third-order valence-corrected chi connectivity index (χ3v) is 2.91. The minimum absolute atomic E-state index is 0.756. The Balaban J connectivity index is 2.01. The molecule has 2 aliphatic rings. The Kier molecular flexibility index (Phi) is 2.82. The molecular weight excluding hydrogens is 172 g/mol. The van der Waals surface area contributed by atoms with Gasteiger partial charge in [-0.25, -0.2) is 0 Å². The van der Waals surface area contributed by atoms with Crippen LogP contribution in [0.25, 0.3) is 0 Å². The number of nitrogens with zero attached hydrogens (tertiary/aromatic N) is 1. The van der Waals surface area contributed by atoms with Crippen LogP contribution in [0.2, 0.25) is 0 Å². The van der Waals surface area contributed by atoms with Gasteiger partial charge in [0.15, 0.2) is 0 Å². The summed E-state index contributed by atoms with van der Waals surface area (Å²) in [7, 11) is 0. The highest BCUT2D eigenvalue weighted by atomic mass is 14.9. The zero-order chi connectivity index (χ0) is 9.97. The molecule has 0 aromatic rings. The first-order valence-electron chi connectivity index (χ1n) is 5.41. The van der Waals surface area contributed by atoms with Gasteiger partial charge >= 0.3 is 0 Å². The number of hydrogen-bond acceptors (Lipinski definition) is 2. The molecule has 1 heterocycles. The van der Waals surface area contributed by atoms with E-state index in [0.717, 1.165) is 19.0 Å². The molecule has 2 rings (SSSR count). The topological polar surface area (TPSA) is 24.4 Å². The van der Waals surface area contributed by atoms with Crippen LogP contribution in [0.5, 0.6) is 0 Å². The molecule has 14 heavy (non-hydrogen) atoms. The maximum Gasteiger partial charge on any atom is 0.0392 e. The van der Waals surface area contributed by atoms with Crippen molar-refractivity contribution < 1.29 is 0 Å². The SMILES string of the molecule is CC=C(/N=C\C1=C(C)CNC1)C1CC1. The molecule has 1 aliphatic heterocycles. The summed E-state index contributed by atoms with van der Waals surface area (Å²) in [6.07, 6.45) is 6.84. The monoisotopic (exact) mass is 190 g/mol. The lowest BCUT2D eigenvalue weighted by Crippen LogP contribution is -2.08. The number of aliphatic imine (C=N–C) groups is 1. The Bertz CT molecular complexity index is 306. The van der Waals surface area contributed by atoms with Crippen molar-refractivity contribution in [3.05, 3.63) is 22.9 Å². The molecule has 0 radical (unpaired) electrons. The quantitative estimate of drug-likeness (QED) is 0.678. The summed E-state index contributed by atoms with van der Waals surface area (Å²) in [5.41, 5.74) is 4.07. The molecule has 0 unspecified atom stereocenters.